The first-order valence-corrected chi connectivity index (χ1v) is 4.73. The molecule has 4 nitrogen and oxygen atoms in total. The first-order chi connectivity index (χ1) is 7.09. The predicted octanol–water partition coefficient (Wildman–Crippen LogP) is 1.72. The number of halogens is 1. The fraction of sp³-hybridized carbons (Fsp3) is 0.400. The Hall–Kier alpha value is -1.49. The molecule has 5 heteroatoms. The molecule has 2 rings (SSSR count). The zero-order chi connectivity index (χ0) is 11.1. The van der Waals surface area contributed by atoms with Gasteiger partial charge in [0.25, 0.3) is 0 Å². The summed E-state index contributed by atoms with van der Waals surface area (Å²) in [5.41, 5.74) is 5.77. The van der Waals surface area contributed by atoms with Crippen molar-refractivity contribution in [2.24, 2.45) is 5.73 Å². The molecule has 0 atom stereocenters. The SMILES string of the molecule is NCC1(c2ccc(F)c([N+](=O)[O-])c2)CC1. The van der Waals surface area contributed by atoms with Crippen LogP contribution in [0, 0.1) is 15.9 Å². The van der Waals surface area contributed by atoms with Gasteiger partial charge in [-0.2, -0.15) is 4.39 Å². The van der Waals surface area contributed by atoms with E-state index in [1.165, 1.54) is 6.07 Å². The highest BCUT2D eigenvalue weighted by atomic mass is 19.1. The number of hydrogen-bond acceptors (Lipinski definition) is 3. The van der Waals surface area contributed by atoms with Crippen LogP contribution in [0.4, 0.5) is 10.1 Å². The summed E-state index contributed by atoms with van der Waals surface area (Å²) in [7, 11) is 0. The predicted molar refractivity (Wildman–Crippen MR) is 53.0 cm³/mol. The summed E-state index contributed by atoms with van der Waals surface area (Å²) in [4.78, 5) is 9.84. The van der Waals surface area contributed by atoms with Gasteiger partial charge < -0.3 is 5.73 Å². The summed E-state index contributed by atoms with van der Waals surface area (Å²) in [5, 5.41) is 10.5. The molecule has 0 heterocycles. The Morgan fingerprint density at radius 2 is 2.20 bits per heavy atom. The number of nitrogens with two attached hydrogens (primary N) is 1. The van der Waals surface area contributed by atoms with E-state index in [-0.39, 0.29) is 5.41 Å². The van der Waals surface area contributed by atoms with Crippen LogP contribution in [0.25, 0.3) is 0 Å². The third-order valence-electron chi connectivity index (χ3n) is 3.00. The van der Waals surface area contributed by atoms with E-state index >= 15 is 0 Å². The molecule has 1 aliphatic carbocycles. The molecule has 15 heavy (non-hydrogen) atoms. The maximum absolute atomic E-state index is 13.1. The molecule has 0 aromatic heterocycles. The summed E-state index contributed by atoms with van der Waals surface area (Å²) in [6, 6.07) is 4.03. The van der Waals surface area contributed by atoms with Gasteiger partial charge in [0.05, 0.1) is 4.92 Å². The van der Waals surface area contributed by atoms with E-state index in [1.807, 2.05) is 0 Å². The average molecular weight is 210 g/mol. The van der Waals surface area contributed by atoms with E-state index in [2.05, 4.69) is 0 Å². The fourth-order valence-corrected chi connectivity index (χ4v) is 1.74. The lowest BCUT2D eigenvalue weighted by Crippen LogP contribution is -2.19. The van der Waals surface area contributed by atoms with Crippen LogP contribution in [-0.4, -0.2) is 11.5 Å². The molecule has 0 bridgehead atoms. The van der Waals surface area contributed by atoms with Crippen molar-refractivity contribution in [2.45, 2.75) is 18.3 Å². The van der Waals surface area contributed by atoms with Crippen LogP contribution in [0.3, 0.4) is 0 Å². The fourth-order valence-electron chi connectivity index (χ4n) is 1.74. The number of hydrogen-bond donors (Lipinski definition) is 1. The number of benzene rings is 1. The van der Waals surface area contributed by atoms with Crippen molar-refractivity contribution in [2.75, 3.05) is 6.54 Å². The molecule has 0 radical (unpaired) electrons. The highest BCUT2D eigenvalue weighted by Crippen LogP contribution is 2.47. The molecule has 2 N–H and O–H groups in total. The van der Waals surface area contributed by atoms with Gasteiger partial charge in [-0.3, -0.25) is 10.1 Å². The molecule has 1 aromatic carbocycles. The van der Waals surface area contributed by atoms with Crippen LogP contribution in [0.1, 0.15) is 18.4 Å². The summed E-state index contributed by atoms with van der Waals surface area (Å²) >= 11 is 0. The van der Waals surface area contributed by atoms with Gasteiger partial charge in [-0.25, -0.2) is 0 Å². The Morgan fingerprint density at radius 1 is 1.53 bits per heavy atom. The smallest absolute Gasteiger partial charge is 0.305 e. The van der Waals surface area contributed by atoms with E-state index in [4.69, 9.17) is 5.73 Å². The van der Waals surface area contributed by atoms with Crippen molar-refractivity contribution in [3.05, 3.63) is 39.7 Å². The largest absolute Gasteiger partial charge is 0.330 e. The molecule has 0 unspecified atom stereocenters. The average Bonchev–Trinajstić information content (AvgIpc) is 2.99. The van der Waals surface area contributed by atoms with Gasteiger partial charge in [0, 0.05) is 18.0 Å². The summed E-state index contributed by atoms with van der Waals surface area (Å²) in [6.07, 6.45) is 1.85. The van der Waals surface area contributed by atoms with Crippen molar-refractivity contribution in [1.82, 2.24) is 0 Å². The molecule has 0 saturated heterocycles. The van der Waals surface area contributed by atoms with Crippen LogP contribution in [-0.2, 0) is 5.41 Å². The number of nitro benzene ring substituents is 1. The second-order valence-electron chi connectivity index (χ2n) is 3.91. The molecule has 0 aliphatic heterocycles. The van der Waals surface area contributed by atoms with Crippen molar-refractivity contribution in [3.8, 4) is 0 Å². The molecule has 1 saturated carbocycles. The number of nitro groups is 1. The van der Waals surface area contributed by atoms with Crippen LogP contribution in [0.2, 0.25) is 0 Å². The Morgan fingerprint density at radius 3 is 2.67 bits per heavy atom. The first-order valence-electron chi connectivity index (χ1n) is 4.73. The van der Waals surface area contributed by atoms with E-state index in [1.54, 1.807) is 6.07 Å². The minimum Gasteiger partial charge on any atom is -0.330 e. The molecule has 1 fully saturated rings. The minimum atomic E-state index is -0.795. The highest BCUT2D eigenvalue weighted by molar-refractivity contribution is 5.42. The topological polar surface area (TPSA) is 69.2 Å². The normalized spacial score (nSPS) is 17.5. The summed E-state index contributed by atoms with van der Waals surface area (Å²) in [6.45, 7) is 0.454. The zero-order valence-corrected chi connectivity index (χ0v) is 8.07. The lowest BCUT2D eigenvalue weighted by molar-refractivity contribution is -0.387. The van der Waals surface area contributed by atoms with Gasteiger partial charge in [0.15, 0.2) is 0 Å². The molecular weight excluding hydrogens is 199 g/mol. The number of nitrogens with zero attached hydrogens (tertiary/aromatic N) is 1. The van der Waals surface area contributed by atoms with Gasteiger partial charge >= 0.3 is 5.69 Å². The molecule has 1 aromatic rings. The van der Waals surface area contributed by atoms with Crippen molar-refractivity contribution in [1.29, 1.82) is 0 Å². The third-order valence-corrected chi connectivity index (χ3v) is 3.00. The van der Waals surface area contributed by atoms with Crippen molar-refractivity contribution in [3.63, 3.8) is 0 Å². The number of rotatable bonds is 3. The monoisotopic (exact) mass is 210 g/mol. The zero-order valence-electron chi connectivity index (χ0n) is 8.07. The Bertz CT molecular complexity index is 416. The maximum Gasteiger partial charge on any atom is 0.305 e. The lowest BCUT2D eigenvalue weighted by atomic mass is 9.96. The first kappa shape index (κ1) is 10.0. The van der Waals surface area contributed by atoms with E-state index in [0.29, 0.717) is 6.54 Å². The molecular formula is C10H11FN2O2. The van der Waals surface area contributed by atoms with Crippen LogP contribution < -0.4 is 5.73 Å². The van der Waals surface area contributed by atoms with Gasteiger partial charge in [-0.1, -0.05) is 6.07 Å². The van der Waals surface area contributed by atoms with E-state index in [0.717, 1.165) is 24.5 Å². The molecule has 80 valence electrons. The summed E-state index contributed by atoms with van der Waals surface area (Å²) in [5.74, 6) is -0.795. The summed E-state index contributed by atoms with van der Waals surface area (Å²) < 4.78 is 13.1. The van der Waals surface area contributed by atoms with Crippen molar-refractivity contribution >= 4 is 5.69 Å². The van der Waals surface area contributed by atoms with Crippen LogP contribution >= 0.6 is 0 Å². The Labute approximate surface area is 86.0 Å². The van der Waals surface area contributed by atoms with Crippen molar-refractivity contribution < 1.29 is 9.31 Å². The quantitative estimate of drug-likeness (QED) is 0.610. The standard InChI is InChI=1S/C10H11FN2O2/c11-8-2-1-7(5-9(8)13(14)15)10(6-12)3-4-10/h1-2,5H,3-4,6,12H2. The molecule has 0 spiro atoms. The second-order valence-corrected chi connectivity index (χ2v) is 3.91. The van der Waals surface area contributed by atoms with Gasteiger partial charge in [-0.05, 0) is 24.5 Å². The molecule has 0 amide bonds. The molecule has 1 aliphatic rings. The lowest BCUT2D eigenvalue weighted by Gasteiger charge is -2.12. The van der Waals surface area contributed by atoms with E-state index < -0.39 is 16.4 Å². The van der Waals surface area contributed by atoms with E-state index in [9.17, 15) is 14.5 Å². The van der Waals surface area contributed by atoms with Gasteiger partial charge in [-0.15, -0.1) is 0 Å². The van der Waals surface area contributed by atoms with Crippen LogP contribution in [0.15, 0.2) is 18.2 Å². The highest BCUT2D eigenvalue weighted by Gasteiger charge is 2.43. The third kappa shape index (κ3) is 1.59. The van der Waals surface area contributed by atoms with Gasteiger partial charge in [0.2, 0.25) is 5.82 Å². The minimum absolute atomic E-state index is 0.140. The maximum atomic E-state index is 13.1. The Kier molecular flexibility index (Phi) is 2.19. The van der Waals surface area contributed by atoms with Gasteiger partial charge in [0.1, 0.15) is 0 Å². The Balaban J connectivity index is 2.43. The van der Waals surface area contributed by atoms with Crippen LogP contribution in [0.5, 0.6) is 0 Å². The second kappa shape index (κ2) is 3.27.